The lowest BCUT2D eigenvalue weighted by Gasteiger charge is -2.27. The minimum absolute atomic E-state index is 0.218. The summed E-state index contributed by atoms with van der Waals surface area (Å²) in [7, 11) is 0. The van der Waals surface area contributed by atoms with Gasteiger partial charge in [-0.2, -0.15) is 0 Å². The third kappa shape index (κ3) is 9.10. The second-order valence-electron chi connectivity index (χ2n) is 8.40. The average Bonchev–Trinajstić information content (AvgIpc) is 3.46. The SMILES string of the molecule is CCNC(=NCCCN1CCOCC1)NCCN(C(=O)OC(C)(C)C)C1CC1. The van der Waals surface area contributed by atoms with Crippen LogP contribution in [0, 0.1) is 0 Å². The lowest BCUT2D eigenvalue weighted by molar-refractivity contribution is 0.0238. The maximum absolute atomic E-state index is 12.4. The van der Waals surface area contributed by atoms with Gasteiger partial charge in [0.1, 0.15) is 5.60 Å². The van der Waals surface area contributed by atoms with Crippen LogP contribution in [0.3, 0.4) is 0 Å². The molecule has 8 heteroatoms. The van der Waals surface area contributed by atoms with E-state index in [0.29, 0.717) is 19.1 Å². The van der Waals surface area contributed by atoms with Gasteiger partial charge in [-0.15, -0.1) is 0 Å². The largest absolute Gasteiger partial charge is 0.444 e. The van der Waals surface area contributed by atoms with E-state index in [9.17, 15) is 4.79 Å². The highest BCUT2D eigenvalue weighted by Gasteiger charge is 2.34. The van der Waals surface area contributed by atoms with Gasteiger partial charge in [-0.1, -0.05) is 0 Å². The van der Waals surface area contributed by atoms with Gasteiger partial charge in [0, 0.05) is 51.9 Å². The Balaban J connectivity index is 1.72. The fourth-order valence-corrected chi connectivity index (χ4v) is 3.08. The molecule has 1 heterocycles. The molecule has 2 N–H and O–H groups in total. The summed E-state index contributed by atoms with van der Waals surface area (Å²) in [5.41, 5.74) is -0.464. The van der Waals surface area contributed by atoms with Crippen molar-refractivity contribution in [1.29, 1.82) is 0 Å². The molecule has 0 atom stereocenters. The maximum Gasteiger partial charge on any atom is 0.410 e. The van der Waals surface area contributed by atoms with Crippen molar-refractivity contribution in [3.8, 4) is 0 Å². The molecule has 0 aromatic heterocycles. The van der Waals surface area contributed by atoms with E-state index in [1.54, 1.807) is 0 Å². The summed E-state index contributed by atoms with van der Waals surface area (Å²) >= 11 is 0. The van der Waals surface area contributed by atoms with Crippen molar-refractivity contribution in [1.82, 2.24) is 20.4 Å². The Morgan fingerprint density at radius 2 is 1.96 bits per heavy atom. The van der Waals surface area contributed by atoms with Gasteiger partial charge in [-0.25, -0.2) is 4.79 Å². The number of nitrogens with one attached hydrogen (secondary N) is 2. The number of carbonyl (C=O) groups excluding carboxylic acids is 1. The van der Waals surface area contributed by atoms with Gasteiger partial charge in [-0.05, 0) is 47.0 Å². The van der Waals surface area contributed by atoms with Crippen LogP contribution >= 0.6 is 0 Å². The first kappa shape index (κ1) is 22.7. The molecule has 0 aromatic carbocycles. The van der Waals surface area contributed by atoms with Crippen molar-refractivity contribution < 1.29 is 14.3 Å². The lowest BCUT2D eigenvalue weighted by atomic mass is 10.2. The van der Waals surface area contributed by atoms with E-state index >= 15 is 0 Å². The molecule has 1 saturated carbocycles. The monoisotopic (exact) mass is 397 g/mol. The van der Waals surface area contributed by atoms with Crippen molar-refractivity contribution in [3.05, 3.63) is 0 Å². The van der Waals surface area contributed by atoms with Gasteiger partial charge in [0.25, 0.3) is 0 Å². The van der Waals surface area contributed by atoms with E-state index in [4.69, 9.17) is 9.47 Å². The van der Waals surface area contributed by atoms with Crippen LogP contribution in [0.1, 0.15) is 47.0 Å². The number of amides is 1. The van der Waals surface area contributed by atoms with E-state index < -0.39 is 5.60 Å². The van der Waals surface area contributed by atoms with Crippen LogP contribution in [0.4, 0.5) is 4.79 Å². The van der Waals surface area contributed by atoms with Crippen molar-refractivity contribution in [2.24, 2.45) is 4.99 Å². The molecule has 0 radical (unpaired) electrons. The van der Waals surface area contributed by atoms with Crippen molar-refractivity contribution >= 4 is 12.1 Å². The Hall–Kier alpha value is -1.54. The van der Waals surface area contributed by atoms with Crippen molar-refractivity contribution in [2.45, 2.75) is 58.6 Å². The Bertz CT molecular complexity index is 497. The highest BCUT2D eigenvalue weighted by atomic mass is 16.6. The molecule has 2 rings (SSSR count). The predicted octanol–water partition coefficient (Wildman–Crippen LogP) is 1.66. The number of hydrogen-bond donors (Lipinski definition) is 2. The summed E-state index contributed by atoms with van der Waals surface area (Å²) < 4.78 is 10.9. The van der Waals surface area contributed by atoms with Crippen LogP contribution in [0.25, 0.3) is 0 Å². The number of carbonyl (C=O) groups is 1. The van der Waals surface area contributed by atoms with Gasteiger partial charge in [0.05, 0.1) is 13.2 Å². The predicted molar refractivity (Wildman–Crippen MR) is 112 cm³/mol. The van der Waals surface area contributed by atoms with Gasteiger partial charge < -0.3 is 25.0 Å². The number of nitrogens with zero attached hydrogens (tertiary/aromatic N) is 3. The van der Waals surface area contributed by atoms with Gasteiger partial charge in [0.15, 0.2) is 5.96 Å². The van der Waals surface area contributed by atoms with Crippen molar-refractivity contribution in [3.63, 3.8) is 0 Å². The molecule has 1 aliphatic carbocycles. The third-order valence-corrected chi connectivity index (χ3v) is 4.61. The Morgan fingerprint density at radius 3 is 2.57 bits per heavy atom. The topological polar surface area (TPSA) is 78.4 Å². The first-order chi connectivity index (χ1) is 13.4. The van der Waals surface area contributed by atoms with Crippen LogP contribution in [-0.2, 0) is 9.47 Å². The molecule has 2 aliphatic rings. The zero-order chi connectivity index (χ0) is 20.4. The van der Waals surface area contributed by atoms with E-state index in [2.05, 4.69) is 27.4 Å². The van der Waals surface area contributed by atoms with E-state index in [1.807, 2.05) is 25.7 Å². The summed E-state index contributed by atoms with van der Waals surface area (Å²) in [6, 6.07) is 0.324. The van der Waals surface area contributed by atoms with E-state index in [0.717, 1.165) is 71.2 Å². The number of rotatable bonds is 9. The Labute approximate surface area is 170 Å². The molecule has 0 aromatic rings. The first-order valence-electron chi connectivity index (χ1n) is 10.7. The number of guanidine groups is 1. The van der Waals surface area contributed by atoms with Crippen LogP contribution in [-0.4, -0.2) is 92.5 Å². The molecule has 0 bridgehead atoms. The molecule has 2 fully saturated rings. The molecule has 0 unspecified atom stereocenters. The summed E-state index contributed by atoms with van der Waals surface area (Å²) in [6.07, 6.45) is 2.94. The molecule has 162 valence electrons. The van der Waals surface area contributed by atoms with Crippen LogP contribution in [0.15, 0.2) is 4.99 Å². The maximum atomic E-state index is 12.4. The third-order valence-electron chi connectivity index (χ3n) is 4.61. The van der Waals surface area contributed by atoms with Crippen LogP contribution in [0.5, 0.6) is 0 Å². The Kier molecular flexibility index (Phi) is 9.31. The standard InChI is InChI=1S/C20H39N5O3/c1-5-21-18(22-9-6-11-24-13-15-27-16-14-24)23-10-12-25(17-7-8-17)19(26)28-20(2,3)4/h17H,5-16H2,1-4H3,(H2,21,22,23). The average molecular weight is 398 g/mol. The van der Waals surface area contributed by atoms with Crippen molar-refractivity contribution in [2.75, 3.05) is 59.0 Å². The lowest BCUT2D eigenvalue weighted by Crippen LogP contribution is -2.45. The van der Waals surface area contributed by atoms with Crippen LogP contribution < -0.4 is 10.6 Å². The van der Waals surface area contributed by atoms with Crippen LogP contribution in [0.2, 0.25) is 0 Å². The quantitative estimate of drug-likeness (QED) is 0.350. The summed E-state index contributed by atoms with van der Waals surface area (Å²) in [6.45, 7) is 15.4. The molecular weight excluding hydrogens is 358 g/mol. The molecular formula is C20H39N5O3. The summed E-state index contributed by atoms with van der Waals surface area (Å²) in [5.74, 6) is 0.810. The van der Waals surface area contributed by atoms with Gasteiger partial charge in [-0.3, -0.25) is 9.89 Å². The fourth-order valence-electron chi connectivity index (χ4n) is 3.08. The minimum Gasteiger partial charge on any atom is -0.444 e. The summed E-state index contributed by atoms with van der Waals surface area (Å²) in [4.78, 5) is 21.4. The smallest absolute Gasteiger partial charge is 0.410 e. The second kappa shape index (κ2) is 11.5. The minimum atomic E-state index is -0.464. The van der Waals surface area contributed by atoms with E-state index in [-0.39, 0.29) is 6.09 Å². The molecule has 1 aliphatic heterocycles. The number of morpholine rings is 1. The number of ether oxygens (including phenoxy) is 2. The first-order valence-corrected chi connectivity index (χ1v) is 10.7. The zero-order valence-electron chi connectivity index (χ0n) is 18.1. The number of aliphatic imine (C=N–C) groups is 1. The molecule has 28 heavy (non-hydrogen) atoms. The van der Waals surface area contributed by atoms with E-state index in [1.165, 1.54) is 0 Å². The molecule has 1 saturated heterocycles. The normalized spacial score (nSPS) is 18.6. The highest BCUT2D eigenvalue weighted by molar-refractivity contribution is 5.79. The summed E-state index contributed by atoms with van der Waals surface area (Å²) in [5, 5.41) is 6.62. The van der Waals surface area contributed by atoms with Gasteiger partial charge in [0.2, 0.25) is 0 Å². The molecule has 8 nitrogen and oxygen atoms in total. The molecule has 1 amide bonds. The Morgan fingerprint density at radius 1 is 1.25 bits per heavy atom. The second-order valence-corrected chi connectivity index (χ2v) is 8.40. The fraction of sp³-hybridized carbons (Fsp3) is 0.900. The highest BCUT2D eigenvalue weighted by Crippen LogP contribution is 2.27. The van der Waals surface area contributed by atoms with Gasteiger partial charge >= 0.3 is 6.09 Å². The zero-order valence-corrected chi connectivity index (χ0v) is 18.1. The molecule has 0 spiro atoms. The number of hydrogen-bond acceptors (Lipinski definition) is 5.